The minimum atomic E-state index is -0.0654. The van der Waals surface area contributed by atoms with Crippen LogP contribution in [0.2, 0.25) is 0 Å². The van der Waals surface area contributed by atoms with Gasteiger partial charge in [-0.05, 0) is 42.0 Å². The van der Waals surface area contributed by atoms with Crippen molar-refractivity contribution in [2.24, 2.45) is 0 Å². The molecule has 1 amide bonds. The van der Waals surface area contributed by atoms with E-state index in [1.165, 1.54) is 0 Å². The van der Waals surface area contributed by atoms with Gasteiger partial charge in [0.2, 0.25) is 12.7 Å². The van der Waals surface area contributed by atoms with E-state index in [1.54, 1.807) is 0 Å². The molecule has 0 saturated carbocycles. The highest BCUT2D eigenvalue weighted by Gasteiger charge is 2.13. The van der Waals surface area contributed by atoms with Gasteiger partial charge in [0.15, 0.2) is 11.5 Å². The summed E-state index contributed by atoms with van der Waals surface area (Å²) in [5.41, 5.74) is 3.01. The maximum Gasteiger partial charge on any atom is 0.239 e. The first-order valence-electron chi connectivity index (χ1n) is 7.78. The zero-order chi connectivity index (χ0) is 16.9. The van der Waals surface area contributed by atoms with Crippen LogP contribution in [-0.2, 0) is 11.3 Å². The lowest BCUT2D eigenvalue weighted by Crippen LogP contribution is -2.29. The number of nitrogens with one attached hydrogen (secondary N) is 2. The monoisotopic (exact) mass is 327 g/mol. The molecule has 126 valence electrons. The van der Waals surface area contributed by atoms with Gasteiger partial charge in [-0.1, -0.05) is 6.07 Å². The molecule has 0 aromatic heterocycles. The Morgan fingerprint density at radius 1 is 1.08 bits per heavy atom. The van der Waals surface area contributed by atoms with Crippen molar-refractivity contribution in [3.8, 4) is 11.5 Å². The lowest BCUT2D eigenvalue weighted by Gasteiger charge is -2.13. The molecule has 3 rings (SSSR count). The van der Waals surface area contributed by atoms with Gasteiger partial charge < -0.3 is 25.0 Å². The normalized spacial score (nSPS) is 11.9. The molecular weight excluding hydrogens is 306 g/mol. The number of benzene rings is 2. The number of ether oxygens (including phenoxy) is 2. The van der Waals surface area contributed by atoms with E-state index in [-0.39, 0.29) is 19.2 Å². The summed E-state index contributed by atoms with van der Waals surface area (Å²) in [7, 11) is 3.98. The van der Waals surface area contributed by atoms with Crippen molar-refractivity contribution in [3.05, 3.63) is 48.0 Å². The lowest BCUT2D eigenvalue weighted by molar-refractivity contribution is -0.119. The molecule has 0 radical (unpaired) electrons. The molecule has 1 heterocycles. The van der Waals surface area contributed by atoms with Crippen molar-refractivity contribution in [2.45, 2.75) is 6.54 Å². The Kier molecular flexibility index (Phi) is 4.74. The van der Waals surface area contributed by atoms with E-state index >= 15 is 0 Å². The summed E-state index contributed by atoms with van der Waals surface area (Å²) in [6, 6.07) is 13.6. The summed E-state index contributed by atoms with van der Waals surface area (Å²) in [6.45, 7) is 0.935. The lowest BCUT2D eigenvalue weighted by atomic mass is 10.2. The topological polar surface area (TPSA) is 62.8 Å². The molecule has 6 heteroatoms. The molecule has 0 aliphatic carbocycles. The predicted octanol–water partition coefficient (Wildman–Crippen LogP) is 2.21. The summed E-state index contributed by atoms with van der Waals surface area (Å²) in [6.07, 6.45) is 0. The molecule has 2 aromatic carbocycles. The summed E-state index contributed by atoms with van der Waals surface area (Å²) < 4.78 is 10.6. The average Bonchev–Trinajstić information content (AvgIpc) is 3.06. The van der Waals surface area contributed by atoms with E-state index in [2.05, 4.69) is 10.6 Å². The number of rotatable bonds is 6. The SMILES string of the molecule is CN(C)c1ccc(NCC(=O)NCc2ccc3c(c2)OCO3)cc1. The molecule has 0 spiro atoms. The molecule has 6 nitrogen and oxygen atoms in total. The van der Waals surface area contributed by atoms with Crippen molar-refractivity contribution < 1.29 is 14.3 Å². The van der Waals surface area contributed by atoms with Crippen LogP contribution < -0.4 is 25.0 Å². The summed E-state index contributed by atoms with van der Waals surface area (Å²) in [5.74, 6) is 1.40. The molecule has 2 N–H and O–H groups in total. The van der Waals surface area contributed by atoms with Gasteiger partial charge in [0.05, 0.1) is 6.54 Å². The van der Waals surface area contributed by atoms with Gasteiger partial charge >= 0.3 is 0 Å². The van der Waals surface area contributed by atoms with Crippen LogP contribution in [0.1, 0.15) is 5.56 Å². The summed E-state index contributed by atoms with van der Waals surface area (Å²) in [4.78, 5) is 14.0. The first-order valence-corrected chi connectivity index (χ1v) is 7.78. The van der Waals surface area contributed by atoms with Crippen molar-refractivity contribution in [3.63, 3.8) is 0 Å². The van der Waals surface area contributed by atoms with E-state index in [9.17, 15) is 4.79 Å². The Balaban J connectivity index is 1.45. The second-order valence-electron chi connectivity index (χ2n) is 5.76. The van der Waals surface area contributed by atoms with Crippen LogP contribution in [0.5, 0.6) is 11.5 Å². The van der Waals surface area contributed by atoms with Crippen LogP contribution >= 0.6 is 0 Å². The third-order valence-corrected chi connectivity index (χ3v) is 3.76. The second kappa shape index (κ2) is 7.12. The largest absolute Gasteiger partial charge is 0.454 e. The standard InChI is InChI=1S/C18H21N3O3/c1-21(2)15-6-4-14(5-7-15)19-11-18(22)20-10-13-3-8-16-17(9-13)24-12-23-16/h3-9,19H,10-12H2,1-2H3,(H,20,22). The zero-order valence-electron chi connectivity index (χ0n) is 13.8. The molecule has 0 fully saturated rings. The van der Waals surface area contributed by atoms with Gasteiger partial charge in [-0.15, -0.1) is 0 Å². The molecule has 2 aromatic rings. The fourth-order valence-corrected chi connectivity index (χ4v) is 2.37. The van der Waals surface area contributed by atoms with Crippen LogP contribution in [0.3, 0.4) is 0 Å². The molecule has 1 aliphatic heterocycles. The van der Waals surface area contributed by atoms with E-state index < -0.39 is 0 Å². The fourth-order valence-electron chi connectivity index (χ4n) is 2.37. The maximum absolute atomic E-state index is 12.0. The Bertz CT molecular complexity index is 714. The van der Waals surface area contributed by atoms with Crippen molar-refractivity contribution in [1.29, 1.82) is 0 Å². The number of carbonyl (C=O) groups excluding carboxylic acids is 1. The maximum atomic E-state index is 12.0. The van der Waals surface area contributed by atoms with Gasteiger partial charge in [-0.25, -0.2) is 0 Å². The van der Waals surface area contributed by atoms with Gasteiger partial charge in [0, 0.05) is 32.0 Å². The minimum absolute atomic E-state index is 0.0654. The predicted molar refractivity (Wildman–Crippen MR) is 93.7 cm³/mol. The number of amides is 1. The van der Waals surface area contributed by atoms with Crippen molar-refractivity contribution >= 4 is 17.3 Å². The molecule has 24 heavy (non-hydrogen) atoms. The van der Waals surface area contributed by atoms with Crippen LogP contribution in [0.15, 0.2) is 42.5 Å². The Hall–Kier alpha value is -2.89. The third-order valence-electron chi connectivity index (χ3n) is 3.76. The van der Waals surface area contributed by atoms with Gasteiger partial charge in [0.25, 0.3) is 0 Å². The van der Waals surface area contributed by atoms with Crippen molar-refractivity contribution in [1.82, 2.24) is 5.32 Å². The van der Waals surface area contributed by atoms with E-state index in [0.29, 0.717) is 6.54 Å². The van der Waals surface area contributed by atoms with Gasteiger partial charge in [0.1, 0.15) is 0 Å². The number of hydrogen-bond acceptors (Lipinski definition) is 5. The van der Waals surface area contributed by atoms with E-state index in [0.717, 1.165) is 28.4 Å². The summed E-state index contributed by atoms with van der Waals surface area (Å²) >= 11 is 0. The first-order chi connectivity index (χ1) is 11.6. The number of nitrogens with zero attached hydrogens (tertiary/aromatic N) is 1. The quantitative estimate of drug-likeness (QED) is 0.852. The van der Waals surface area contributed by atoms with Crippen LogP contribution in [0.25, 0.3) is 0 Å². The second-order valence-corrected chi connectivity index (χ2v) is 5.76. The first kappa shape index (κ1) is 16.0. The molecule has 0 unspecified atom stereocenters. The smallest absolute Gasteiger partial charge is 0.239 e. The van der Waals surface area contributed by atoms with E-state index in [4.69, 9.17) is 9.47 Å². The molecule has 0 bridgehead atoms. The van der Waals surface area contributed by atoms with Gasteiger partial charge in [-0.3, -0.25) is 4.79 Å². The molecule has 0 saturated heterocycles. The minimum Gasteiger partial charge on any atom is -0.454 e. The fraction of sp³-hybridized carbons (Fsp3) is 0.278. The average molecular weight is 327 g/mol. The molecule has 1 aliphatic rings. The molecular formula is C18H21N3O3. The van der Waals surface area contributed by atoms with Crippen LogP contribution in [0, 0.1) is 0 Å². The third kappa shape index (κ3) is 3.90. The number of hydrogen-bond donors (Lipinski definition) is 2. The highest BCUT2D eigenvalue weighted by Crippen LogP contribution is 2.32. The highest BCUT2D eigenvalue weighted by molar-refractivity contribution is 5.80. The zero-order valence-corrected chi connectivity index (χ0v) is 13.8. The van der Waals surface area contributed by atoms with Crippen LogP contribution in [0.4, 0.5) is 11.4 Å². The molecule has 0 atom stereocenters. The number of anilines is 2. The Labute approximate surface area is 141 Å². The highest BCUT2D eigenvalue weighted by atomic mass is 16.7. The van der Waals surface area contributed by atoms with Crippen molar-refractivity contribution in [2.75, 3.05) is 37.6 Å². The van der Waals surface area contributed by atoms with E-state index in [1.807, 2.05) is 61.5 Å². The summed E-state index contributed by atoms with van der Waals surface area (Å²) in [5, 5.41) is 6.00. The Morgan fingerprint density at radius 2 is 1.83 bits per heavy atom. The number of carbonyl (C=O) groups is 1. The Morgan fingerprint density at radius 3 is 2.58 bits per heavy atom. The number of fused-ring (bicyclic) bond motifs is 1. The van der Waals surface area contributed by atoms with Crippen LogP contribution in [-0.4, -0.2) is 33.3 Å². The van der Waals surface area contributed by atoms with Gasteiger partial charge in [-0.2, -0.15) is 0 Å².